The van der Waals surface area contributed by atoms with Crippen LogP contribution in [0.25, 0.3) is 10.9 Å². The van der Waals surface area contributed by atoms with Crippen LogP contribution >= 0.6 is 0 Å². The SMILES string of the molecule is CC(NC(=O)c1ccc2ncccc2c1)(c1ncc(C(F)(F)F)cc1N)C1Cc2ccccc2C1O. The highest BCUT2D eigenvalue weighted by molar-refractivity contribution is 5.98. The summed E-state index contributed by atoms with van der Waals surface area (Å²) in [5, 5.41) is 14.9. The molecule has 0 bridgehead atoms. The van der Waals surface area contributed by atoms with E-state index in [2.05, 4.69) is 15.3 Å². The second kappa shape index (κ2) is 8.60. The lowest BCUT2D eigenvalue weighted by molar-refractivity contribution is -0.137. The number of rotatable bonds is 4. The molecule has 2 aromatic heterocycles. The number of benzene rings is 2. The summed E-state index contributed by atoms with van der Waals surface area (Å²) in [7, 11) is 0. The maximum atomic E-state index is 13.5. The van der Waals surface area contributed by atoms with Crippen LogP contribution in [0.3, 0.4) is 0 Å². The number of alkyl halides is 3. The van der Waals surface area contributed by atoms with Crippen molar-refractivity contribution in [1.82, 2.24) is 15.3 Å². The Morgan fingerprint density at radius 3 is 2.58 bits per heavy atom. The largest absolute Gasteiger partial charge is 0.417 e. The number of aromatic nitrogens is 2. The van der Waals surface area contributed by atoms with Gasteiger partial charge in [0.15, 0.2) is 0 Å². The van der Waals surface area contributed by atoms with E-state index in [4.69, 9.17) is 5.73 Å². The Morgan fingerprint density at radius 1 is 1.08 bits per heavy atom. The monoisotopic (exact) mass is 492 g/mol. The van der Waals surface area contributed by atoms with Crippen molar-refractivity contribution in [2.45, 2.75) is 31.2 Å². The van der Waals surface area contributed by atoms with Gasteiger partial charge >= 0.3 is 6.18 Å². The standard InChI is InChI=1S/C27H23F3N4O2/c1-26(20-12-15-5-2-3-7-19(15)23(20)35,24-21(31)13-18(14-33-24)27(28,29)30)34-25(36)17-8-9-22-16(11-17)6-4-10-32-22/h2-11,13-14,20,23,35H,12,31H2,1H3,(H,34,36). The number of carbonyl (C=O) groups is 1. The highest BCUT2D eigenvalue weighted by Gasteiger charge is 2.48. The number of carbonyl (C=O) groups excluding carboxylic acids is 1. The van der Waals surface area contributed by atoms with Crippen molar-refractivity contribution in [2.75, 3.05) is 5.73 Å². The number of hydrogen-bond donors (Lipinski definition) is 3. The number of hydrogen-bond acceptors (Lipinski definition) is 5. The molecule has 1 aliphatic rings. The molecule has 36 heavy (non-hydrogen) atoms. The van der Waals surface area contributed by atoms with E-state index in [0.29, 0.717) is 29.3 Å². The Balaban J connectivity index is 1.58. The van der Waals surface area contributed by atoms with Gasteiger partial charge in [0, 0.05) is 29.3 Å². The lowest BCUT2D eigenvalue weighted by Crippen LogP contribution is -2.51. The predicted molar refractivity (Wildman–Crippen MR) is 129 cm³/mol. The topological polar surface area (TPSA) is 101 Å². The molecule has 1 aliphatic carbocycles. The van der Waals surface area contributed by atoms with Gasteiger partial charge in [0.2, 0.25) is 0 Å². The number of aliphatic hydroxyl groups is 1. The molecule has 4 aromatic rings. The molecule has 0 aliphatic heterocycles. The van der Waals surface area contributed by atoms with Crippen molar-refractivity contribution in [1.29, 1.82) is 0 Å². The zero-order valence-electron chi connectivity index (χ0n) is 19.3. The van der Waals surface area contributed by atoms with Gasteiger partial charge < -0.3 is 16.2 Å². The van der Waals surface area contributed by atoms with Gasteiger partial charge in [-0.1, -0.05) is 30.3 Å². The number of pyridine rings is 2. The van der Waals surface area contributed by atoms with E-state index >= 15 is 0 Å². The van der Waals surface area contributed by atoms with Crippen LogP contribution in [-0.2, 0) is 18.1 Å². The minimum absolute atomic E-state index is 0.0585. The maximum absolute atomic E-state index is 13.5. The van der Waals surface area contributed by atoms with E-state index in [0.717, 1.165) is 17.0 Å². The van der Waals surface area contributed by atoms with Crippen LogP contribution in [0.5, 0.6) is 0 Å². The Bertz CT molecular complexity index is 1470. The first kappa shape index (κ1) is 23.7. The Hall–Kier alpha value is -3.98. The van der Waals surface area contributed by atoms with Gasteiger partial charge in [0.25, 0.3) is 5.91 Å². The predicted octanol–water partition coefficient (Wildman–Crippen LogP) is 4.78. The fraction of sp³-hybridized carbons (Fsp3) is 0.222. The normalized spacial score (nSPS) is 19.0. The Labute approximate surface area is 205 Å². The number of anilines is 1. The summed E-state index contributed by atoms with van der Waals surface area (Å²) in [5.41, 5.74) is 6.19. The van der Waals surface area contributed by atoms with Crippen LogP contribution in [0.15, 0.2) is 73.1 Å². The van der Waals surface area contributed by atoms with Crippen molar-refractivity contribution in [3.8, 4) is 0 Å². The van der Waals surface area contributed by atoms with Gasteiger partial charge in [-0.05, 0) is 54.8 Å². The third-order valence-electron chi connectivity index (χ3n) is 6.91. The molecule has 3 atom stereocenters. The molecule has 184 valence electrons. The lowest BCUT2D eigenvalue weighted by Gasteiger charge is -2.38. The van der Waals surface area contributed by atoms with Gasteiger partial charge in [-0.3, -0.25) is 14.8 Å². The highest BCUT2D eigenvalue weighted by Crippen LogP contribution is 2.47. The van der Waals surface area contributed by atoms with Gasteiger partial charge in [-0.15, -0.1) is 0 Å². The number of nitrogens with zero attached hydrogens (tertiary/aromatic N) is 2. The molecule has 0 fully saturated rings. The first-order valence-corrected chi connectivity index (χ1v) is 11.3. The summed E-state index contributed by atoms with van der Waals surface area (Å²) in [4.78, 5) is 21.8. The Kier molecular flexibility index (Phi) is 5.67. The van der Waals surface area contributed by atoms with Gasteiger partial charge in [-0.2, -0.15) is 13.2 Å². The minimum Gasteiger partial charge on any atom is -0.397 e. The zero-order chi connectivity index (χ0) is 25.7. The lowest BCUT2D eigenvalue weighted by atomic mass is 9.78. The maximum Gasteiger partial charge on any atom is 0.417 e. The van der Waals surface area contributed by atoms with Crippen molar-refractivity contribution in [2.24, 2.45) is 5.92 Å². The van der Waals surface area contributed by atoms with Crippen LogP contribution in [0.2, 0.25) is 0 Å². The van der Waals surface area contributed by atoms with Crippen molar-refractivity contribution in [3.05, 3.63) is 101 Å². The average Bonchev–Trinajstić information content (AvgIpc) is 3.20. The van der Waals surface area contributed by atoms with Gasteiger partial charge in [-0.25, -0.2) is 0 Å². The molecular weight excluding hydrogens is 469 g/mol. The van der Waals surface area contributed by atoms with E-state index in [1.807, 2.05) is 18.2 Å². The van der Waals surface area contributed by atoms with Crippen LogP contribution in [0, 0.1) is 5.92 Å². The highest BCUT2D eigenvalue weighted by atomic mass is 19.4. The summed E-state index contributed by atoms with van der Waals surface area (Å²) >= 11 is 0. The molecule has 1 amide bonds. The molecule has 4 N–H and O–H groups in total. The van der Waals surface area contributed by atoms with E-state index in [9.17, 15) is 23.1 Å². The molecule has 5 rings (SSSR count). The van der Waals surface area contributed by atoms with E-state index < -0.39 is 35.2 Å². The summed E-state index contributed by atoms with van der Waals surface area (Å²) in [5.74, 6) is -1.11. The molecule has 3 unspecified atom stereocenters. The number of nitrogen functional groups attached to an aromatic ring is 1. The molecule has 0 spiro atoms. The van der Waals surface area contributed by atoms with Gasteiger partial charge in [0.05, 0.1) is 34.1 Å². The summed E-state index contributed by atoms with van der Waals surface area (Å²) in [6.07, 6.45) is -2.89. The quantitative estimate of drug-likeness (QED) is 0.381. The van der Waals surface area contributed by atoms with Crippen LogP contribution in [0.1, 0.15) is 45.8 Å². The second-order valence-electron chi connectivity index (χ2n) is 9.18. The molecule has 2 heterocycles. The summed E-state index contributed by atoms with van der Waals surface area (Å²) in [6.45, 7) is 1.64. The molecule has 6 nitrogen and oxygen atoms in total. The number of fused-ring (bicyclic) bond motifs is 2. The third kappa shape index (κ3) is 4.05. The number of halogens is 3. The average molecular weight is 493 g/mol. The van der Waals surface area contributed by atoms with Crippen molar-refractivity contribution < 1.29 is 23.1 Å². The zero-order valence-corrected chi connectivity index (χ0v) is 19.3. The smallest absolute Gasteiger partial charge is 0.397 e. The van der Waals surface area contributed by atoms with E-state index in [1.54, 1.807) is 49.5 Å². The fourth-order valence-corrected chi connectivity index (χ4v) is 5.02. The van der Waals surface area contributed by atoms with E-state index in [1.165, 1.54) is 0 Å². The molecule has 2 aromatic carbocycles. The van der Waals surface area contributed by atoms with Crippen LogP contribution < -0.4 is 11.1 Å². The van der Waals surface area contributed by atoms with Crippen LogP contribution in [-0.4, -0.2) is 21.0 Å². The number of amides is 1. The van der Waals surface area contributed by atoms with Gasteiger partial charge in [0.1, 0.15) is 0 Å². The number of nitrogens with one attached hydrogen (secondary N) is 1. The second-order valence-corrected chi connectivity index (χ2v) is 9.18. The molecular formula is C27H23F3N4O2. The Morgan fingerprint density at radius 2 is 1.86 bits per heavy atom. The van der Waals surface area contributed by atoms with Crippen molar-refractivity contribution >= 4 is 22.5 Å². The first-order chi connectivity index (χ1) is 17.1. The number of nitrogens with two attached hydrogens (primary N) is 1. The van der Waals surface area contributed by atoms with E-state index in [-0.39, 0.29) is 11.4 Å². The molecule has 0 saturated heterocycles. The summed E-state index contributed by atoms with van der Waals surface area (Å²) < 4.78 is 39.9. The number of aliphatic hydroxyl groups excluding tert-OH is 1. The minimum atomic E-state index is -4.62. The fourth-order valence-electron chi connectivity index (χ4n) is 5.02. The third-order valence-corrected chi connectivity index (χ3v) is 6.91. The summed E-state index contributed by atoms with van der Waals surface area (Å²) in [6, 6.07) is 16.7. The molecule has 0 saturated carbocycles. The molecule has 9 heteroatoms. The first-order valence-electron chi connectivity index (χ1n) is 11.3. The van der Waals surface area contributed by atoms with Crippen molar-refractivity contribution in [3.63, 3.8) is 0 Å². The van der Waals surface area contributed by atoms with Crippen LogP contribution in [0.4, 0.5) is 18.9 Å². The molecule has 0 radical (unpaired) electrons.